The largest absolute Gasteiger partial charge is 0.476 e. The van der Waals surface area contributed by atoms with Gasteiger partial charge >= 0.3 is 5.97 Å². The van der Waals surface area contributed by atoms with E-state index >= 15 is 0 Å². The smallest absolute Gasteiger partial charge is 0.358 e. The molecule has 0 fully saturated rings. The monoisotopic (exact) mass is 275 g/mol. The summed E-state index contributed by atoms with van der Waals surface area (Å²) in [7, 11) is 0. The average molecular weight is 275 g/mol. The van der Waals surface area contributed by atoms with Gasteiger partial charge in [0, 0.05) is 6.07 Å². The maximum atomic E-state index is 10.7. The molecule has 6 nitrogen and oxygen atoms in total. The van der Waals surface area contributed by atoms with E-state index in [0.717, 1.165) is 16.2 Å². The first-order valence-electron chi connectivity index (χ1n) is 5.49. The van der Waals surface area contributed by atoms with E-state index in [1.807, 2.05) is 24.3 Å². The van der Waals surface area contributed by atoms with Crippen LogP contribution in [0.5, 0.6) is 0 Å². The van der Waals surface area contributed by atoms with Crippen molar-refractivity contribution in [2.75, 3.05) is 0 Å². The number of fused-ring (bicyclic) bond motifs is 1. The molecule has 2 heterocycles. The Balaban J connectivity index is 1.72. The van der Waals surface area contributed by atoms with Crippen LogP contribution in [0.2, 0.25) is 0 Å². The van der Waals surface area contributed by atoms with Gasteiger partial charge in [-0.05, 0) is 12.1 Å². The van der Waals surface area contributed by atoms with E-state index in [0.29, 0.717) is 11.5 Å². The van der Waals surface area contributed by atoms with Gasteiger partial charge in [0.2, 0.25) is 0 Å². The molecule has 3 aromatic rings. The van der Waals surface area contributed by atoms with Crippen molar-refractivity contribution in [3.05, 3.63) is 41.8 Å². The number of carbonyl (C=O) groups is 1. The van der Waals surface area contributed by atoms with Crippen LogP contribution in [0.3, 0.4) is 0 Å². The molecule has 0 unspecified atom stereocenters. The molecule has 2 aromatic heterocycles. The summed E-state index contributed by atoms with van der Waals surface area (Å²) in [6.45, 7) is 0. The van der Waals surface area contributed by atoms with E-state index in [-0.39, 0.29) is 5.69 Å². The lowest BCUT2D eigenvalue weighted by atomic mass is 10.3. The minimum Gasteiger partial charge on any atom is -0.476 e. The number of hydrogen-bond donors (Lipinski definition) is 2. The van der Waals surface area contributed by atoms with Gasteiger partial charge in [-0.1, -0.05) is 29.1 Å². The summed E-state index contributed by atoms with van der Waals surface area (Å²) in [5.74, 6) is -0.119. The Morgan fingerprint density at radius 3 is 3.00 bits per heavy atom. The second-order valence-corrected chi connectivity index (χ2v) is 4.80. The number of benzene rings is 1. The molecule has 0 atom stereocenters. The van der Waals surface area contributed by atoms with Crippen molar-refractivity contribution in [2.24, 2.45) is 0 Å². The summed E-state index contributed by atoms with van der Waals surface area (Å²) in [4.78, 5) is 18.2. The zero-order chi connectivity index (χ0) is 13.2. The topological polar surface area (TPSA) is 92.0 Å². The maximum Gasteiger partial charge on any atom is 0.358 e. The predicted octanol–water partition coefficient (Wildman–Crippen LogP) is 2.54. The highest BCUT2D eigenvalue weighted by Gasteiger charge is 2.11. The van der Waals surface area contributed by atoms with Crippen LogP contribution in [0, 0.1) is 0 Å². The van der Waals surface area contributed by atoms with E-state index in [1.54, 1.807) is 0 Å². The van der Waals surface area contributed by atoms with E-state index in [2.05, 4.69) is 15.1 Å². The lowest BCUT2D eigenvalue weighted by Crippen LogP contribution is -1.94. The number of para-hydroxylation sites is 2. The van der Waals surface area contributed by atoms with Crippen LogP contribution in [-0.4, -0.2) is 26.2 Å². The van der Waals surface area contributed by atoms with Crippen LogP contribution < -0.4 is 0 Å². The zero-order valence-corrected chi connectivity index (χ0v) is 10.5. The Morgan fingerprint density at radius 1 is 1.42 bits per heavy atom. The van der Waals surface area contributed by atoms with Crippen molar-refractivity contribution >= 4 is 28.8 Å². The lowest BCUT2D eigenvalue weighted by molar-refractivity contribution is 0.0685. The van der Waals surface area contributed by atoms with Crippen LogP contribution in [0.4, 0.5) is 0 Å². The Bertz CT molecular complexity index is 701. The molecule has 0 amide bonds. The first-order chi connectivity index (χ1) is 9.22. The Hall–Kier alpha value is -2.28. The SMILES string of the molecule is O=C(O)c1cc(CSc2nc3ccccc3[nH]2)on1. The molecule has 3 rings (SSSR count). The number of nitrogens with zero attached hydrogens (tertiary/aromatic N) is 2. The Labute approximate surface area is 111 Å². The highest BCUT2D eigenvalue weighted by molar-refractivity contribution is 7.98. The van der Waals surface area contributed by atoms with Crippen LogP contribution in [0.25, 0.3) is 11.0 Å². The van der Waals surface area contributed by atoms with Crippen molar-refractivity contribution < 1.29 is 14.4 Å². The van der Waals surface area contributed by atoms with Crippen LogP contribution >= 0.6 is 11.8 Å². The summed E-state index contributed by atoms with van der Waals surface area (Å²) in [5.41, 5.74) is 1.78. The fourth-order valence-electron chi connectivity index (χ4n) is 1.62. The van der Waals surface area contributed by atoms with Crippen molar-refractivity contribution in [3.8, 4) is 0 Å². The van der Waals surface area contributed by atoms with Gasteiger partial charge in [0.25, 0.3) is 0 Å². The van der Waals surface area contributed by atoms with Crippen LogP contribution in [0.15, 0.2) is 40.0 Å². The number of imidazole rings is 1. The van der Waals surface area contributed by atoms with Crippen molar-refractivity contribution in [3.63, 3.8) is 0 Å². The molecule has 19 heavy (non-hydrogen) atoms. The number of aromatic nitrogens is 3. The van der Waals surface area contributed by atoms with Gasteiger partial charge in [-0.2, -0.15) is 0 Å². The molecule has 1 aromatic carbocycles. The minimum absolute atomic E-state index is 0.0831. The summed E-state index contributed by atoms with van der Waals surface area (Å²) in [6, 6.07) is 9.14. The number of hydrogen-bond acceptors (Lipinski definition) is 5. The first kappa shape index (κ1) is 11.8. The number of carboxylic acids is 1. The van der Waals surface area contributed by atoms with E-state index < -0.39 is 5.97 Å². The highest BCUT2D eigenvalue weighted by atomic mass is 32.2. The highest BCUT2D eigenvalue weighted by Crippen LogP contribution is 2.23. The summed E-state index contributed by atoms with van der Waals surface area (Å²) in [5, 5.41) is 12.9. The molecule has 0 spiro atoms. The quantitative estimate of drug-likeness (QED) is 0.711. The second kappa shape index (κ2) is 4.77. The second-order valence-electron chi connectivity index (χ2n) is 3.83. The number of rotatable bonds is 4. The molecular formula is C12H9N3O3S. The fourth-order valence-corrected chi connectivity index (χ4v) is 2.38. The molecule has 0 saturated carbocycles. The molecule has 0 radical (unpaired) electrons. The van der Waals surface area contributed by atoms with Crippen molar-refractivity contribution in [1.29, 1.82) is 0 Å². The molecule has 0 bridgehead atoms. The number of aromatic carboxylic acids is 1. The molecule has 7 heteroatoms. The van der Waals surface area contributed by atoms with Crippen LogP contribution in [0.1, 0.15) is 16.2 Å². The summed E-state index contributed by atoms with van der Waals surface area (Å²) < 4.78 is 4.93. The molecule has 96 valence electrons. The molecule has 0 aliphatic rings. The van der Waals surface area contributed by atoms with Gasteiger partial charge in [0.15, 0.2) is 10.9 Å². The third kappa shape index (κ3) is 2.45. The van der Waals surface area contributed by atoms with Gasteiger partial charge in [0.05, 0.1) is 16.8 Å². The third-order valence-corrected chi connectivity index (χ3v) is 3.39. The number of aromatic amines is 1. The van der Waals surface area contributed by atoms with Gasteiger partial charge in [0.1, 0.15) is 5.76 Å². The third-order valence-electron chi connectivity index (χ3n) is 2.50. The fraction of sp³-hybridized carbons (Fsp3) is 0.0833. The molecule has 0 saturated heterocycles. The Kier molecular flexibility index (Phi) is 2.96. The van der Waals surface area contributed by atoms with E-state index in [1.165, 1.54) is 17.8 Å². The first-order valence-corrected chi connectivity index (χ1v) is 6.47. The number of carboxylic acid groups (broad SMARTS) is 1. The maximum absolute atomic E-state index is 10.7. The number of H-pyrrole nitrogens is 1. The van der Waals surface area contributed by atoms with Crippen molar-refractivity contribution in [1.82, 2.24) is 15.1 Å². The number of thioether (sulfide) groups is 1. The van der Waals surface area contributed by atoms with E-state index in [9.17, 15) is 4.79 Å². The zero-order valence-electron chi connectivity index (χ0n) is 9.66. The molecule has 0 aliphatic heterocycles. The standard InChI is InChI=1S/C12H9N3O3S/c16-11(17)10-5-7(18-15-10)6-19-12-13-8-3-1-2-4-9(8)14-12/h1-5H,6H2,(H,13,14)(H,16,17). The van der Waals surface area contributed by atoms with Gasteiger partial charge in [-0.3, -0.25) is 0 Å². The van der Waals surface area contributed by atoms with Gasteiger partial charge in [-0.25, -0.2) is 9.78 Å². The minimum atomic E-state index is -1.09. The van der Waals surface area contributed by atoms with Gasteiger partial charge in [-0.15, -0.1) is 0 Å². The normalized spacial score (nSPS) is 10.9. The lowest BCUT2D eigenvalue weighted by Gasteiger charge is -1.91. The molecule has 0 aliphatic carbocycles. The molecular weight excluding hydrogens is 266 g/mol. The average Bonchev–Trinajstić information content (AvgIpc) is 3.02. The van der Waals surface area contributed by atoms with Gasteiger partial charge < -0.3 is 14.6 Å². The predicted molar refractivity (Wildman–Crippen MR) is 69.1 cm³/mol. The number of nitrogens with one attached hydrogen (secondary N) is 1. The summed E-state index contributed by atoms with van der Waals surface area (Å²) in [6.07, 6.45) is 0. The van der Waals surface area contributed by atoms with Crippen molar-refractivity contribution in [2.45, 2.75) is 10.9 Å². The van der Waals surface area contributed by atoms with E-state index in [4.69, 9.17) is 9.63 Å². The Morgan fingerprint density at radius 2 is 2.26 bits per heavy atom. The molecule has 2 N–H and O–H groups in total. The summed E-state index contributed by atoms with van der Waals surface area (Å²) >= 11 is 1.43. The van der Waals surface area contributed by atoms with Crippen LogP contribution in [-0.2, 0) is 5.75 Å².